The second kappa shape index (κ2) is 4.67. The molecule has 0 aliphatic carbocycles. The average molecular weight is 220 g/mol. The van der Waals surface area contributed by atoms with Crippen LogP contribution in [-0.4, -0.2) is 15.3 Å². The molecule has 4 heteroatoms. The molecule has 0 spiro atoms. The Labute approximate surface area is 97.1 Å². The summed E-state index contributed by atoms with van der Waals surface area (Å²) in [7, 11) is 0. The van der Waals surface area contributed by atoms with Gasteiger partial charge in [0.05, 0.1) is 11.8 Å². The number of nitrogens with two attached hydrogens (primary N) is 1. The zero-order chi connectivity index (χ0) is 12.3. The van der Waals surface area contributed by atoms with Gasteiger partial charge in [0.2, 0.25) is 0 Å². The maximum atomic E-state index is 8.80. The highest BCUT2D eigenvalue weighted by Crippen LogP contribution is 2.13. The number of hydrogen-bond acceptors (Lipinski definition) is 3. The van der Waals surface area contributed by atoms with Crippen LogP contribution in [0.1, 0.15) is 36.7 Å². The smallest absolute Gasteiger partial charge is 0.101 e. The number of aryl methyl sites for hydroxylation is 2. The molecule has 0 fully saturated rings. The van der Waals surface area contributed by atoms with E-state index in [1.165, 1.54) is 11.3 Å². The van der Waals surface area contributed by atoms with Crippen molar-refractivity contribution in [3.8, 4) is 6.07 Å². The Morgan fingerprint density at radius 3 is 2.50 bits per heavy atom. The molecule has 0 saturated heterocycles. The standard InChI is InChI=1S/C12H20N4/c1-9-10(2)15-16(11(9)3)7-5-6-12(4,14)8-13/h5-7,14H2,1-4H3. The van der Waals surface area contributed by atoms with Gasteiger partial charge in [0.25, 0.3) is 0 Å². The average Bonchev–Trinajstić information content (AvgIpc) is 2.46. The molecular formula is C12H20N4. The third-order valence-electron chi connectivity index (χ3n) is 3.06. The molecule has 88 valence electrons. The lowest BCUT2D eigenvalue weighted by atomic mass is 9.99. The molecule has 1 atom stereocenters. The number of nitriles is 1. The predicted molar refractivity (Wildman–Crippen MR) is 63.9 cm³/mol. The lowest BCUT2D eigenvalue weighted by molar-refractivity contribution is 0.466. The van der Waals surface area contributed by atoms with Crippen molar-refractivity contribution in [3.05, 3.63) is 17.0 Å². The number of hydrogen-bond donors (Lipinski definition) is 1. The van der Waals surface area contributed by atoms with Gasteiger partial charge in [-0.2, -0.15) is 10.4 Å². The molecule has 1 aromatic heterocycles. The van der Waals surface area contributed by atoms with Gasteiger partial charge in [-0.1, -0.05) is 0 Å². The van der Waals surface area contributed by atoms with Gasteiger partial charge in [-0.25, -0.2) is 0 Å². The topological polar surface area (TPSA) is 67.6 Å². The lowest BCUT2D eigenvalue weighted by Gasteiger charge is -2.14. The van der Waals surface area contributed by atoms with Crippen molar-refractivity contribution in [2.75, 3.05) is 0 Å². The number of aromatic nitrogens is 2. The van der Waals surface area contributed by atoms with E-state index >= 15 is 0 Å². The molecule has 16 heavy (non-hydrogen) atoms. The monoisotopic (exact) mass is 220 g/mol. The molecule has 1 unspecified atom stereocenters. The molecule has 1 aromatic rings. The highest BCUT2D eigenvalue weighted by molar-refractivity contribution is 5.22. The van der Waals surface area contributed by atoms with E-state index in [-0.39, 0.29) is 0 Å². The minimum absolute atomic E-state index is 0.695. The van der Waals surface area contributed by atoms with Gasteiger partial charge in [0, 0.05) is 12.2 Å². The first-order valence-electron chi connectivity index (χ1n) is 5.58. The molecule has 0 aliphatic rings. The fourth-order valence-electron chi connectivity index (χ4n) is 1.66. The first-order valence-corrected chi connectivity index (χ1v) is 5.58. The molecule has 0 aliphatic heterocycles. The Balaban J connectivity index is 2.57. The normalized spacial score (nSPS) is 14.5. The van der Waals surface area contributed by atoms with Gasteiger partial charge in [0.15, 0.2) is 0 Å². The Morgan fingerprint density at radius 2 is 2.06 bits per heavy atom. The lowest BCUT2D eigenvalue weighted by Crippen LogP contribution is -2.34. The van der Waals surface area contributed by atoms with Crippen molar-refractivity contribution < 1.29 is 0 Å². The second-order valence-corrected chi connectivity index (χ2v) is 4.65. The molecule has 0 amide bonds. The molecule has 2 N–H and O–H groups in total. The zero-order valence-electron chi connectivity index (χ0n) is 10.5. The van der Waals surface area contributed by atoms with Crippen molar-refractivity contribution in [1.29, 1.82) is 5.26 Å². The molecule has 1 rings (SSSR count). The SMILES string of the molecule is Cc1nn(CCCC(C)(N)C#N)c(C)c1C. The Morgan fingerprint density at radius 1 is 1.44 bits per heavy atom. The number of rotatable bonds is 4. The van der Waals surface area contributed by atoms with Crippen LogP contribution in [0, 0.1) is 32.1 Å². The van der Waals surface area contributed by atoms with Crippen LogP contribution >= 0.6 is 0 Å². The third-order valence-corrected chi connectivity index (χ3v) is 3.06. The molecule has 4 nitrogen and oxygen atoms in total. The predicted octanol–water partition coefficient (Wildman–Crippen LogP) is 1.83. The van der Waals surface area contributed by atoms with Crippen molar-refractivity contribution in [2.45, 2.75) is 52.6 Å². The zero-order valence-corrected chi connectivity index (χ0v) is 10.5. The van der Waals surface area contributed by atoms with Crippen molar-refractivity contribution in [2.24, 2.45) is 5.73 Å². The van der Waals surface area contributed by atoms with E-state index in [4.69, 9.17) is 11.0 Å². The molecule has 0 radical (unpaired) electrons. The summed E-state index contributed by atoms with van der Waals surface area (Å²) in [6, 6.07) is 2.11. The molecule has 1 heterocycles. The van der Waals surface area contributed by atoms with Crippen LogP contribution in [0.5, 0.6) is 0 Å². The minimum atomic E-state index is -0.717. The van der Waals surface area contributed by atoms with Gasteiger partial charge in [-0.05, 0) is 46.1 Å². The molecule has 0 bridgehead atoms. The first kappa shape index (κ1) is 12.7. The van der Waals surface area contributed by atoms with E-state index in [9.17, 15) is 0 Å². The highest BCUT2D eigenvalue weighted by atomic mass is 15.3. The summed E-state index contributed by atoms with van der Waals surface area (Å²) in [4.78, 5) is 0. The van der Waals surface area contributed by atoms with Gasteiger partial charge in [-0.3, -0.25) is 4.68 Å². The summed E-state index contributed by atoms with van der Waals surface area (Å²) >= 11 is 0. The van der Waals surface area contributed by atoms with Gasteiger partial charge in [-0.15, -0.1) is 0 Å². The van der Waals surface area contributed by atoms with Crippen molar-refractivity contribution in [1.82, 2.24) is 9.78 Å². The van der Waals surface area contributed by atoms with Crippen LogP contribution in [-0.2, 0) is 6.54 Å². The summed E-state index contributed by atoms with van der Waals surface area (Å²) in [6.07, 6.45) is 1.57. The second-order valence-electron chi connectivity index (χ2n) is 4.65. The minimum Gasteiger partial charge on any atom is -0.314 e. The largest absolute Gasteiger partial charge is 0.314 e. The summed E-state index contributed by atoms with van der Waals surface area (Å²) in [6.45, 7) is 8.76. The van der Waals surface area contributed by atoms with Crippen LogP contribution in [0.4, 0.5) is 0 Å². The van der Waals surface area contributed by atoms with Crippen LogP contribution in [0.3, 0.4) is 0 Å². The highest BCUT2D eigenvalue weighted by Gasteiger charge is 2.16. The van der Waals surface area contributed by atoms with Crippen molar-refractivity contribution >= 4 is 0 Å². The first-order chi connectivity index (χ1) is 7.37. The van der Waals surface area contributed by atoms with E-state index in [2.05, 4.69) is 25.0 Å². The van der Waals surface area contributed by atoms with Gasteiger partial charge in [0.1, 0.15) is 5.54 Å². The maximum Gasteiger partial charge on any atom is 0.101 e. The summed E-state index contributed by atoms with van der Waals surface area (Å²) in [5.41, 5.74) is 8.57. The number of nitrogens with zero attached hydrogens (tertiary/aromatic N) is 3. The fraction of sp³-hybridized carbons (Fsp3) is 0.667. The van der Waals surface area contributed by atoms with Gasteiger partial charge >= 0.3 is 0 Å². The fourth-order valence-corrected chi connectivity index (χ4v) is 1.66. The quantitative estimate of drug-likeness (QED) is 0.841. The Kier molecular flexibility index (Phi) is 3.71. The Bertz CT molecular complexity index is 409. The molecule has 0 saturated carbocycles. The van der Waals surface area contributed by atoms with E-state index in [1.54, 1.807) is 6.92 Å². The van der Waals surface area contributed by atoms with E-state index in [1.807, 2.05) is 11.6 Å². The van der Waals surface area contributed by atoms with Crippen LogP contribution < -0.4 is 5.73 Å². The van der Waals surface area contributed by atoms with E-state index in [0.29, 0.717) is 6.42 Å². The third kappa shape index (κ3) is 2.83. The van der Waals surface area contributed by atoms with E-state index < -0.39 is 5.54 Å². The summed E-state index contributed by atoms with van der Waals surface area (Å²) < 4.78 is 2.00. The van der Waals surface area contributed by atoms with Crippen LogP contribution in [0.15, 0.2) is 0 Å². The van der Waals surface area contributed by atoms with E-state index in [0.717, 1.165) is 18.7 Å². The molecular weight excluding hydrogens is 200 g/mol. The summed E-state index contributed by atoms with van der Waals surface area (Å²) in [5.74, 6) is 0. The molecule has 0 aromatic carbocycles. The van der Waals surface area contributed by atoms with Crippen LogP contribution in [0.2, 0.25) is 0 Å². The van der Waals surface area contributed by atoms with Crippen LogP contribution in [0.25, 0.3) is 0 Å². The maximum absolute atomic E-state index is 8.80. The Hall–Kier alpha value is -1.34. The summed E-state index contributed by atoms with van der Waals surface area (Å²) in [5, 5.41) is 13.2. The van der Waals surface area contributed by atoms with Gasteiger partial charge < -0.3 is 5.73 Å². The van der Waals surface area contributed by atoms with Crippen molar-refractivity contribution in [3.63, 3.8) is 0 Å².